The summed E-state index contributed by atoms with van der Waals surface area (Å²) in [5.41, 5.74) is 1.97. The monoisotopic (exact) mass is 363 g/mol. The van der Waals surface area contributed by atoms with Crippen LogP contribution < -0.4 is 10.6 Å². The molecular formula is C21H21N3O3. The Balaban J connectivity index is 1.74. The maximum atomic E-state index is 12.6. The van der Waals surface area contributed by atoms with Crippen molar-refractivity contribution in [2.75, 3.05) is 10.6 Å². The maximum absolute atomic E-state index is 12.6. The molecule has 0 fully saturated rings. The first-order valence-corrected chi connectivity index (χ1v) is 8.55. The first kappa shape index (κ1) is 18.4. The second-order valence-corrected chi connectivity index (χ2v) is 7.19. The highest BCUT2D eigenvalue weighted by Gasteiger charge is 2.21. The molecule has 3 aromatic rings. The van der Waals surface area contributed by atoms with Crippen molar-refractivity contribution in [2.45, 2.75) is 20.8 Å². The Morgan fingerprint density at radius 2 is 1.67 bits per heavy atom. The van der Waals surface area contributed by atoms with Crippen LogP contribution in [-0.4, -0.2) is 16.8 Å². The summed E-state index contributed by atoms with van der Waals surface area (Å²) in [6.45, 7) is 5.50. The summed E-state index contributed by atoms with van der Waals surface area (Å²) in [7, 11) is 0. The SMILES string of the molecule is CC(C)(C)C(=O)Nc1cccc(C(=O)Nc2cccc(-c3cnco3)c2)c1. The Morgan fingerprint density at radius 3 is 2.33 bits per heavy atom. The zero-order chi connectivity index (χ0) is 19.4. The van der Waals surface area contributed by atoms with Crippen LogP contribution in [-0.2, 0) is 4.79 Å². The molecule has 0 atom stereocenters. The van der Waals surface area contributed by atoms with E-state index in [2.05, 4.69) is 15.6 Å². The first-order valence-electron chi connectivity index (χ1n) is 8.55. The van der Waals surface area contributed by atoms with Crippen molar-refractivity contribution in [3.8, 4) is 11.3 Å². The van der Waals surface area contributed by atoms with E-state index in [9.17, 15) is 9.59 Å². The molecule has 0 radical (unpaired) electrons. The number of hydrogen-bond donors (Lipinski definition) is 2. The van der Waals surface area contributed by atoms with E-state index in [1.54, 1.807) is 36.5 Å². The van der Waals surface area contributed by atoms with Crippen molar-refractivity contribution in [3.05, 3.63) is 66.7 Å². The minimum atomic E-state index is -0.514. The van der Waals surface area contributed by atoms with Gasteiger partial charge in [-0.15, -0.1) is 0 Å². The smallest absolute Gasteiger partial charge is 0.255 e. The van der Waals surface area contributed by atoms with Crippen LogP contribution in [0.25, 0.3) is 11.3 Å². The van der Waals surface area contributed by atoms with Gasteiger partial charge in [0, 0.05) is 27.9 Å². The van der Waals surface area contributed by atoms with E-state index in [1.807, 2.05) is 39.0 Å². The van der Waals surface area contributed by atoms with E-state index >= 15 is 0 Å². The van der Waals surface area contributed by atoms with Gasteiger partial charge in [0.2, 0.25) is 5.91 Å². The van der Waals surface area contributed by atoms with Crippen molar-refractivity contribution in [1.82, 2.24) is 4.98 Å². The second-order valence-electron chi connectivity index (χ2n) is 7.19. The molecule has 138 valence electrons. The average Bonchev–Trinajstić information content (AvgIpc) is 3.16. The molecule has 1 aromatic heterocycles. The molecule has 2 amide bonds. The van der Waals surface area contributed by atoms with E-state index in [0.29, 0.717) is 22.7 Å². The molecule has 3 rings (SSSR count). The van der Waals surface area contributed by atoms with Crippen molar-refractivity contribution in [1.29, 1.82) is 0 Å². The summed E-state index contributed by atoms with van der Waals surface area (Å²) in [6, 6.07) is 14.1. The number of nitrogens with one attached hydrogen (secondary N) is 2. The number of carbonyl (C=O) groups is 2. The van der Waals surface area contributed by atoms with Gasteiger partial charge in [0.1, 0.15) is 0 Å². The number of nitrogens with zero attached hydrogens (tertiary/aromatic N) is 1. The van der Waals surface area contributed by atoms with E-state index in [1.165, 1.54) is 6.39 Å². The molecule has 0 saturated carbocycles. The van der Waals surface area contributed by atoms with Gasteiger partial charge in [-0.2, -0.15) is 0 Å². The molecule has 0 aliphatic heterocycles. The third-order valence-corrected chi connectivity index (χ3v) is 3.90. The largest absolute Gasteiger partial charge is 0.444 e. The standard InChI is InChI=1S/C21H21N3O3/c1-21(2,3)20(26)24-17-9-5-7-15(11-17)19(25)23-16-8-4-6-14(10-16)18-12-22-13-27-18/h4-13H,1-3H3,(H,23,25)(H,24,26). The van der Waals surface area contributed by atoms with Crippen LogP contribution >= 0.6 is 0 Å². The fourth-order valence-electron chi connectivity index (χ4n) is 2.37. The molecule has 0 aliphatic rings. The molecule has 27 heavy (non-hydrogen) atoms. The summed E-state index contributed by atoms with van der Waals surface area (Å²) in [4.78, 5) is 28.6. The minimum absolute atomic E-state index is 0.111. The van der Waals surface area contributed by atoms with Crippen LogP contribution in [0.5, 0.6) is 0 Å². The lowest BCUT2D eigenvalue weighted by Gasteiger charge is -2.18. The third kappa shape index (κ3) is 4.61. The second kappa shape index (κ2) is 7.45. The number of benzene rings is 2. The van der Waals surface area contributed by atoms with Gasteiger partial charge in [-0.1, -0.05) is 39.0 Å². The number of carbonyl (C=O) groups excluding carboxylic acids is 2. The van der Waals surface area contributed by atoms with Crippen LogP contribution in [0.15, 0.2) is 65.5 Å². The van der Waals surface area contributed by atoms with Gasteiger partial charge in [0.25, 0.3) is 5.91 Å². The van der Waals surface area contributed by atoms with Crippen LogP contribution in [0.4, 0.5) is 11.4 Å². The van der Waals surface area contributed by atoms with Gasteiger partial charge in [0.15, 0.2) is 12.2 Å². The third-order valence-electron chi connectivity index (χ3n) is 3.90. The lowest BCUT2D eigenvalue weighted by Crippen LogP contribution is -2.27. The Hall–Kier alpha value is -3.41. The van der Waals surface area contributed by atoms with E-state index in [0.717, 1.165) is 5.56 Å². The number of anilines is 2. The molecule has 1 heterocycles. The molecule has 0 saturated heterocycles. The van der Waals surface area contributed by atoms with Gasteiger partial charge in [-0.05, 0) is 30.3 Å². The first-order chi connectivity index (χ1) is 12.8. The lowest BCUT2D eigenvalue weighted by atomic mass is 9.95. The Bertz CT molecular complexity index is 957. The molecule has 0 bridgehead atoms. The number of amides is 2. The van der Waals surface area contributed by atoms with Gasteiger partial charge >= 0.3 is 0 Å². The average molecular weight is 363 g/mol. The summed E-state index contributed by atoms with van der Waals surface area (Å²) >= 11 is 0. The topological polar surface area (TPSA) is 84.2 Å². The highest BCUT2D eigenvalue weighted by atomic mass is 16.3. The molecule has 6 nitrogen and oxygen atoms in total. The highest BCUT2D eigenvalue weighted by Crippen LogP contribution is 2.23. The Morgan fingerprint density at radius 1 is 0.963 bits per heavy atom. The zero-order valence-electron chi connectivity index (χ0n) is 15.4. The predicted octanol–water partition coefficient (Wildman–Crippen LogP) is 4.58. The minimum Gasteiger partial charge on any atom is -0.444 e. The van der Waals surface area contributed by atoms with E-state index in [4.69, 9.17) is 4.42 Å². The molecule has 6 heteroatoms. The molecule has 0 aliphatic carbocycles. The van der Waals surface area contributed by atoms with Gasteiger partial charge in [0.05, 0.1) is 6.20 Å². The quantitative estimate of drug-likeness (QED) is 0.711. The van der Waals surface area contributed by atoms with Crippen LogP contribution in [0.1, 0.15) is 31.1 Å². The maximum Gasteiger partial charge on any atom is 0.255 e. The predicted molar refractivity (Wildman–Crippen MR) is 104 cm³/mol. The number of aromatic nitrogens is 1. The normalized spacial score (nSPS) is 11.1. The molecular weight excluding hydrogens is 342 g/mol. The summed E-state index contributed by atoms with van der Waals surface area (Å²) in [5, 5.41) is 5.69. The zero-order valence-corrected chi connectivity index (χ0v) is 15.4. The van der Waals surface area contributed by atoms with Crippen molar-refractivity contribution in [3.63, 3.8) is 0 Å². The number of rotatable bonds is 4. The summed E-state index contributed by atoms with van der Waals surface area (Å²) in [5.74, 6) is 0.245. The fraction of sp³-hybridized carbons (Fsp3) is 0.190. The van der Waals surface area contributed by atoms with Gasteiger partial charge < -0.3 is 15.1 Å². The lowest BCUT2D eigenvalue weighted by molar-refractivity contribution is -0.123. The van der Waals surface area contributed by atoms with Crippen LogP contribution in [0, 0.1) is 5.41 Å². The highest BCUT2D eigenvalue weighted by molar-refractivity contribution is 6.05. The Kier molecular flexibility index (Phi) is 5.07. The number of oxazole rings is 1. The summed E-state index contributed by atoms with van der Waals surface area (Å²) < 4.78 is 5.28. The number of hydrogen-bond acceptors (Lipinski definition) is 4. The van der Waals surface area contributed by atoms with E-state index < -0.39 is 5.41 Å². The van der Waals surface area contributed by atoms with Crippen LogP contribution in [0.3, 0.4) is 0 Å². The van der Waals surface area contributed by atoms with Gasteiger partial charge in [-0.25, -0.2) is 4.98 Å². The fourth-order valence-corrected chi connectivity index (χ4v) is 2.37. The van der Waals surface area contributed by atoms with Crippen molar-refractivity contribution in [2.24, 2.45) is 5.41 Å². The molecule has 0 unspecified atom stereocenters. The molecule has 2 aromatic carbocycles. The summed E-state index contributed by atoms with van der Waals surface area (Å²) in [6.07, 6.45) is 2.97. The molecule has 2 N–H and O–H groups in total. The van der Waals surface area contributed by atoms with Crippen molar-refractivity contribution >= 4 is 23.2 Å². The Labute approximate surface area is 157 Å². The van der Waals surface area contributed by atoms with Crippen LogP contribution in [0.2, 0.25) is 0 Å². The van der Waals surface area contributed by atoms with Crippen molar-refractivity contribution < 1.29 is 14.0 Å². The van der Waals surface area contributed by atoms with Gasteiger partial charge in [-0.3, -0.25) is 9.59 Å². The van der Waals surface area contributed by atoms with E-state index in [-0.39, 0.29) is 11.8 Å². The molecule has 0 spiro atoms.